The van der Waals surface area contributed by atoms with Gasteiger partial charge in [0.1, 0.15) is 24.4 Å². The zero-order valence-corrected chi connectivity index (χ0v) is 43.3. The van der Waals surface area contributed by atoms with E-state index < -0.39 is 49.5 Å². The van der Waals surface area contributed by atoms with Crippen LogP contribution in [0.1, 0.15) is 194 Å². The summed E-state index contributed by atoms with van der Waals surface area (Å²) in [5.74, 6) is -0.200. The summed E-state index contributed by atoms with van der Waals surface area (Å²) in [4.78, 5) is 13.0. The van der Waals surface area contributed by atoms with Gasteiger partial charge in [0.05, 0.1) is 25.4 Å². The molecule has 1 amide bonds. The smallest absolute Gasteiger partial charge is 0.220 e. The number of carbonyl (C=O) groups is 1. The molecule has 0 aromatic rings. The molecule has 6 N–H and O–H groups in total. The number of hydrogen-bond donors (Lipinski definition) is 6. The SMILES string of the molecule is CC/C=C\C/C=C\C/C=C\C/C=C\C/C=C\C/C=C\C/C=C\CCCCCCCCCCCCCCCC(=O)NC(COC1OC(CO)C(O)C(O)C1O)C(O)/C=C/CC/C=C/CC/C=C/CCC. The maximum Gasteiger partial charge on any atom is 0.220 e. The lowest BCUT2D eigenvalue weighted by Gasteiger charge is -2.40. The van der Waals surface area contributed by atoms with Gasteiger partial charge in [-0.25, -0.2) is 0 Å². The normalized spacial score (nSPS) is 20.5. The van der Waals surface area contributed by atoms with Crippen LogP contribution in [0.15, 0.2) is 122 Å². The Morgan fingerprint density at radius 1 is 0.507 bits per heavy atom. The summed E-state index contributed by atoms with van der Waals surface area (Å²) >= 11 is 0. The molecule has 1 fully saturated rings. The number of aliphatic hydroxyl groups excluding tert-OH is 5. The van der Waals surface area contributed by atoms with Gasteiger partial charge in [-0.2, -0.15) is 0 Å². The molecule has 7 atom stereocenters. The fourth-order valence-electron chi connectivity index (χ4n) is 7.70. The van der Waals surface area contributed by atoms with Crippen LogP contribution in [0.4, 0.5) is 0 Å². The Morgan fingerprint density at radius 3 is 1.38 bits per heavy atom. The molecule has 1 rings (SSSR count). The van der Waals surface area contributed by atoms with Crippen LogP contribution in [-0.2, 0) is 14.3 Å². The minimum absolute atomic E-state index is 0.200. The van der Waals surface area contributed by atoms with Crippen molar-refractivity contribution >= 4 is 5.91 Å². The minimum Gasteiger partial charge on any atom is -0.394 e. The number of carbonyl (C=O) groups excluding carboxylic acids is 1. The first-order chi connectivity index (χ1) is 33.8. The van der Waals surface area contributed by atoms with E-state index in [9.17, 15) is 30.3 Å². The molecular weight excluding hydrogens is 863 g/mol. The van der Waals surface area contributed by atoms with E-state index >= 15 is 0 Å². The van der Waals surface area contributed by atoms with E-state index in [1.54, 1.807) is 6.08 Å². The van der Waals surface area contributed by atoms with Gasteiger partial charge in [-0.3, -0.25) is 4.79 Å². The summed E-state index contributed by atoms with van der Waals surface area (Å²) in [5.41, 5.74) is 0. The van der Waals surface area contributed by atoms with Crippen molar-refractivity contribution in [1.29, 1.82) is 0 Å². The van der Waals surface area contributed by atoms with Crippen molar-refractivity contribution in [3.8, 4) is 0 Å². The van der Waals surface area contributed by atoms with Crippen LogP contribution in [0.2, 0.25) is 0 Å². The molecule has 1 aliphatic rings. The molecule has 0 aromatic carbocycles. The maximum atomic E-state index is 13.0. The van der Waals surface area contributed by atoms with Crippen LogP contribution in [0.25, 0.3) is 0 Å². The highest BCUT2D eigenvalue weighted by atomic mass is 16.7. The number of hydrogen-bond acceptors (Lipinski definition) is 8. The third kappa shape index (κ3) is 38.0. The van der Waals surface area contributed by atoms with E-state index in [-0.39, 0.29) is 12.5 Å². The summed E-state index contributed by atoms with van der Waals surface area (Å²) in [6, 6.07) is -0.834. The monoisotopic (exact) mass is 962 g/mol. The summed E-state index contributed by atoms with van der Waals surface area (Å²) in [6.07, 6.45) is 65.6. The zero-order chi connectivity index (χ0) is 50.1. The summed E-state index contributed by atoms with van der Waals surface area (Å²) < 4.78 is 11.2. The molecular formula is C60H99NO8. The van der Waals surface area contributed by atoms with Gasteiger partial charge in [0, 0.05) is 6.42 Å². The van der Waals surface area contributed by atoms with Crippen LogP contribution in [0, 0.1) is 0 Å². The number of unbranched alkanes of at least 4 members (excludes halogenated alkanes) is 16. The second kappa shape index (κ2) is 48.2. The molecule has 69 heavy (non-hydrogen) atoms. The van der Waals surface area contributed by atoms with Crippen LogP contribution in [0.5, 0.6) is 0 Å². The van der Waals surface area contributed by atoms with Crippen molar-refractivity contribution in [1.82, 2.24) is 5.32 Å². The molecule has 0 bridgehead atoms. The van der Waals surface area contributed by atoms with Crippen LogP contribution >= 0.6 is 0 Å². The predicted molar refractivity (Wildman–Crippen MR) is 290 cm³/mol. The van der Waals surface area contributed by atoms with Gasteiger partial charge in [-0.05, 0) is 96.3 Å². The van der Waals surface area contributed by atoms with Gasteiger partial charge in [0.15, 0.2) is 6.29 Å². The molecule has 0 aromatic heterocycles. The molecule has 0 saturated carbocycles. The van der Waals surface area contributed by atoms with Crippen LogP contribution in [-0.4, -0.2) is 87.5 Å². The second-order valence-corrected chi connectivity index (χ2v) is 18.3. The van der Waals surface area contributed by atoms with Crippen LogP contribution in [0.3, 0.4) is 0 Å². The van der Waals surface area contributed by atoms with E-state index in [0.717, 1.165) is 103 Å². The molecule has 1 heterocycles. The maximum absolute atomic E-state index is 13.0. The number of nitrogens with one attached hydrogen (secondary N) is 1. The minimum atomic E-state index is -1.58. The second-order valence-electron chi connectivity index (χ2n) is 18.3. The standard InChI is InChI=1S/C60H99NO8/c1-3-5-7-9-11-13-15-16-17-18-19-20-21-22-23-24-25-26-27-28-29-30-31-32-33-34-35-36-37-38-40-42-44-46-48-50-56(64)61-53(52-68-60-59(67)58(66)57(65)55(51-62)69-60)54(63)49-47-45-43-41-39-14-12-10-8-6-4-2/h5,7-8,10-11,13,16-17,19-20,22-23,25-26,28-29,39,41,47,49,53-55,57-60,62-63,65-67H,3-4,6,9,12,14-15,18,21,24,27,30-38,40,42-46,48,50-52H2,1-2H3,(H,61,64)/b7-5-,10-8+,13-11-,17-16-,20-19-,23-22-,26-25-,29-28-,41-39+,49-47+. The molecule has 9 heteroatoms. The van der Waals surface area contributed by atoms with E-state index in [2.05, 4.69) is 129 Å². The zero-order valence-electron chi connectivity index (χ0n) is 43.3. The predicted octanol–water partition coefficient (Wildman–Crippen LogP) is 13.2. The van der Waals surface area contributed by atoms with Gasteiger partial charge < -0.3 is 40.3 Å². The highest BCUT2D eigenvalue weighted by molar-refractivity contribution is 5.76. The largest absolute Gasteiger partial charge is 0.394 e. The lowest BCUT2D eigenvalue weighted by molar-refractivity contribution is -0.302. The fraction of sp³-hybridized carbons (Fsp3) is 0.650. The third-order valence-electron chi connectivity index (χ3n) is 12.0. The average Bonchev–Trinajstić information content (AvgIpc) is 3.35. The topological polar surface area (TPSA) is 149 Å². The molecule has 7 unspecified atom stereocenters. The van der Waals surface area contributed by atoms with Crippen molar-refractivity contribution in [3.63, 3.8) is 0 Å². The molecule has 9 nitrogen and oxygen atoms in total. The molecule has 0 aliphatic carbocycles. The van der Waals surface area contributed by atoms with Crippen LogP contribution < -0.4 is 5.32 Å². The van der Waals surface area contributed by atoms with Gasteiger partial charge in [-0.1, -0.05) is 212 Å². The van der Waals surface area contributed by atoms with E-state index in [1.807, 2.05) is 6.08 Å². The Bertz CT molecular complexity index is 1490. The summed E-state index contributed by atoms with van der Waals surface area (Å²) in [5, 5.41) is 54.2. The van der Waals surface area contributed by atoms with Crippen molar-refractivity contribution in [2.45, 2.75) is 236 Å². The van der Waals surface area contributed by atoms with Gasteiger partial charge in [0.2, 0.25) is 5.91 Å². The number of aliphatic hydroxyl groups is 5. The van der Waals surface area contributed by atoms with Gasteiger partial charge in [-0.15, -0.1) is 0 Å². The fourth-order valence-corrected chi connectivity index (χ4v) is 7.70. The quantitative estimate of drug-likeness (QED) is 0.0261. The van der Waals surface area contributed by atoms with E-state index in [4.69, 9.17) is 9.47 Å². The van der Waals surface area contributed by atoms with Gasteiger partial charge >= 0.3 is 0 Å². The summed E-state index contributed by atoms with van der Waals surface area (Å²) in [6.45, 7) is 3.54. The summed E-state index contributed by atoms with van der Waals surface area (Å²) in [7, 11) is 0. The number of ether oxygens (including phenoxy) is 2. The van der Waals surface area contributed by atoms with E-state index in [1.165, 1.54) is 70.6 Å². The first kappa shape index (κ1) is 63.6. The number of amides is 1. The Balaban J connectivity index is 2.15. The number of rotatable bonds is 44. The highest BCUT2D eigenvalue weighted by Gasteiger charge is 2.44. The molecule has 0 spiro atoms. The Labute approximate surface area is 420 Å². The lowest BCUT2D eigenvalue weighted by Crippen LogP contribution is -2.60. The molecule has 0 radical (unpaired) electrons. The molecule has 392 valence electrons. The van der Waals surface area contributed by atoms with E-state index in [0.29, 0.717) is 6.42 Å². The Kier molecular flexibility index (Phi) is 44.5. The third-order valence-corrected chi connectivity index (χ3v) is 12.0. The van der Waals surface area contributed by atoms with Crippen molar-refractivity contribution < 1.29 is 39.8 Å². The highest BCUT2D eigenvalue weighted by Crippen LogP contribution is 2.22. The van der Waals surface area contributed by atoms with Gasteiger partial charge in [0.25, 0.3) is 0 Å². The molecule has 1 saturated heterocycles. The number of allylic oxidation sites excluding steroid dienone is 19. The first-order valence-electron chi connectivity index (χ1n) is 27.3. The van der Waals surface area contributed by atoms with Crippen molar-refractivity contribution in [2.24, 2.45) is 0 Å². The Hall–Kier alpha value is -3.41. The van der Waals surface area contributed by atoms with Crippen molar-refractivity contribution in [2.75, 3.05) is 13.2 Å². The first-order valence-corrected chi connectivity index (χ1v) is 27.3. The van der Waals surface area contributed by atoms with Crippen molar-refractivity contribution in [3.05, 3.63) is 122 Å². The lowest BCUT2D eigenvalue weighted by atomic mass is 9.99. The average molecular weight is 962 g/mol. The molecule has 1 aliphatic heterocycles. The Morgan fingerprint density at radius 2 is 0.913 bits per heavy atom.